The number of rotatable bonds is 4. The number of carbonyl (C=O) groups is 2. The van der Waals surface area contributed by atoms with Gasteiger partial charge in [0.05, 0.1) is 19.1 Å². The minimum atomic E-state index is -0.524. The Kier molecular flexibility index (Phi) is 3.60. The fourth-order valence-corrected chi connectivity index (χ4v) is 2.29. The van der Waals surface area contributed by atoms with Crippen molar-refractivity contribution in [2.24, 2.45) is 5.41 Å². The monoisotopic (exact) mass is 261 g/mol. The zero-order chi connectivity index (χ0) is 14.0. The largest absolute Gasteiger partial charge is 0.497 e. The summed E-state index contributed by atoms with van der Waals surface area (Å²) in [6.07, 6.45) is 1.01. The van der Waals surface area contributed by atoms with E-state index < -0.39 is 5.41 Å². The van der Waals surface area contributed by atoms with Crippen LogP contribution in [0.4, 0.5) is 0 Å². The second-order valence-corrected chi connectivity index (χ2v) is 5.22. The average Bonchev–Trinajstić information content (AvgIpc) is 2.64. The van der Waals surface area contributed by atoms with E-state index in [1.807, 2.05) is 38.1 Å². The van der Waals surface area contributed by atoms with E-state index in [0.717, 1.165) is 11.3 Å². The topological polar surface area (TPSA) is 46.6 Å². The summed E-state index contributed by atoms with van der Waals surface area (Å²) < 4.78 is 5.08. The van der Waals surface area contributed by atoms with Crippen molar-refractivity contribution in [2.75, 3.05) is 7.11 Å². The summed E-state index contributed by atoms with van der Waals surface area (Å²) in [6, 6.07) is 7.42. The molecule has 1 aromatic rings. The van der Waals surface area contributed by atoms with Crippen molar-refractivity contribution in [2.45, 2.75) is 33.2 Å². The zero-order valence-electron chi connectivity index (χ0n) is 11.6. The molecule has 4 nitrogen and oxygen atoms in total. The third kappa shape index (κ3) is 2.48. The standard InChI is InChI=1S/C15H19NO3/c1-4-15(2)9-13(17)16(14(15)18)10-11-5-7-12(19-3)8-6-11/h5-8H,4,9-10H2,1-3H3. The Bertz CT molecular complexity index is 495. The van der Waals surface area contributed by atoms with Gasteiger partial charge < -0.3 is 4.74 Å². The van der Waals surface area contributed by atoms with Gasteiger partial charge in [-0.3, -0.25) is 14.5 Å². The lowest BCUT2D eigenvalue weighted by Crippen LogP contribution is -2.33. The first-order valence-corrected chi connectivity index (χ1v) is 6.48. The molecule has 2 amide bonds. The van der Waals surface area contributed by atoms with Gasteiger partial charge in [-0.05, 0) is 24.1 Å². The normalized spacial score (nSPS) is 23.0. The molecule has 0 bridgehead atoms. The summed E-state index contributed by atoms with van der Waals surface area (Å²) in [5.41, 5.74) is 0.409. The predicted molar refractivity (Wildman–Crippen MR) is 71.6 cm³/mol. The van der Waals surface area contributed by atoms with Crippen molar-refractivity contribution < 1.29 is 14.3 Å². The van der Waals surface area contributed by atoms with Crippen molar-refractivity contribution in [3.8, 4) is 5.75 Å². The van der Waals surface area contributed by atoms with Gasteiger partial charge in [-0.2, -0.15) is 0 Å². The summed E-state index contributed by atoms with van der Waals surface area (Å²) in [7, 11) is 1.61. The highest BCUT2D eigenvalue weighted by molar-refractivity contribution is 6.05. The van der Waals surface area contributed by atoms with E-state index in [2.05, 4.69) is 0 Å². The van der Waals surface area contributed by atoms with E-state index in [4.69, 9.17) is 4.74 Å². The molecular weight excluding hydrogens is 242 g/mol. The molecule has 1 aliphatic heterocycles. The number of ether oxygens (including phenoxy) is 1. The van der Waals surface area contributed by atoms with Crippen molar-refractivity contribution >= 4 is 11.8 Å². The number of benzene rings is 1. The van der Waals surface area contributed by atoms with Crippen LogP contribution in [0, 0.1) is 5.41 Å². The quantitative estimate of drug-likeness (QED) is 0.782. The van der Waals surface area contributed by atoms with Crippen LogP contribution < -0.4 is 4.74 Å². The fraction of sp³-hybridized carbons (Fsp3) is 0.467. The molecule has 2 rings (SSSR count). The molecule has 1 aromatic carbocycles. The Balaban J connectivity index is 2.14. The first-order chi connectivity index (χ1) is 9.00. The first kappa shape index (κ1) is 13.6. The lowest BCUT2D eigenvalue weighted by Gasteiger charge is -2.20. The van der Waals surface area contributed by atoms with Crippen LogP contribution in [-0.4, -0.2) is 23.8 Å². The zero-order valence-corrected chi connectivity index (χ0v) is 11.6. The molecule has 0 saturated carbocycles. The van der Waals surface area contributed by atoms with Crippen molar-refractivity contribution in [1.82, 2.24) is 4.90 Å². The smallest absolute Gasteiger partial charge is 0.235 e. The summed E-state index contributed by atoms with van der Waals surface area (Å²) in [4.78, 5) is 25.6. The predicted octanol–water partition coefficient (Wildman–Crippen LogP) is 2.37. The number of likely N-dealkylation sites (tertiary alicyclic amines) is 1. The van der Waals surface area contributed by atoms with Gasteiger partial charge in [0.15, 0.2) is 0 Å². The maximum atomic E-state index is 12.3. The maximum absolute atomic E-state index is 12.3. The molecule has 1 unspecified atom stereocenters. The average molecular weight is 261 g/mol. The molecule has 102 valence electrons. The van der Waals surface area contributed by atoms with E-state index in [0.29, 0.717) is 19.4 Å². The van der Waals surface area contributed by atoms with Gasteiger partial charge in [0.25, 0.3) is 0 Å². The van der Waals surface area contributed by atoms with Crippen LogP contribution in [0.25, 0.3) is 0 Å². The van der Waals surface area contributed by atoms with Crippen LogP contribution in [0.3, 0.4) is 0 Å². The molecule has 19 heavy (non-hydrogen) atoms. The molecule has 1 heterocycles. The van der Waals surface area contributed by atoms with Crippen LogP contribution in [0.2, 0.25) is 0 Å². The van der Waals surface area contributed by atoms with Gasteiger partial charge in [-0.15, -0.1) is 0 Å². The van der Waals surface area contributed by atoms with Crippen molar-refractivity contribution in [3.05, 3.63) is 29.8 Å². The number of methoxy groups -OCH3 is 1. The summed E-state index contributed by atoms with van der Waals surface area (Å²) in [6.45, 7) is 4.15. The molecule has 0 N–H and O–H groups in total. The van der Waals surface area contributed by atoms with Gasteiger partial charge in [0, 0.05) is 6.42 Å². The van der Waals surface area contributed by atoms with Crippen LogP contribution in [0.15, 0.2) is 24.3 Å². The number of hydrogen-bond donors (Lipinski definition) is 0. The minimum absolute atomic E-state index is 0.0594. The Hall–Kier alpha value is -1.84. The molecule has 1 aliphatic rings. The third-order valence-corrected chi connectivity index (χ3v) is 3.88. The van der Waals surface area contributed by atoms with E-state index in [1.165, 1.54) is 4.90 Å². The molecule has 1 atom stereocenters. The van der Waals surface area contributed by atoms with Crippen molar-refractivity contribution in [3.63, 3.8) is 0 Å². The van der Waals surface area contributed by atoms with Crippen molar-refractivity contribution in [1.29, 1.82) is 0 Å². The van der Waals surface area contributed by atoms with Gasteiger partial charge in [0.2, 0.25) is 11.8 Å². The number of amides is 2. The highest BCUT2D eigenvalue weighted by Gasteiger charge is 2.46. The Morgan fingerprint density at radius 1 is 1.26 bits per heavy atom. The molecule has 0 aromatic heterocycles. The van der Waals surface area contributed by atoms with Crippen LogP contribution in [0.1, 0.15) is 32.3 Å². The Morgan fingerprint density at radius 2 is 1.89 bits per heavy atom. The summed E-state index contributed by atoms with van der Waals surface area (Å²) >= 11 is 0. The van der Waals surface area contributed by atoms with Crippen LogP contribution in [-0.2, 0) is 16.1 Å². The third-order valence-electron chi connectivity index (χ3n) is 3.88. The Morgan fingerprint density at radius 3 is 2.37 bits per heavy atom. The molecule has 0 spiro atoms. The lowest BCUT2D eigenvalue weighted by molar-refractivity contribution is -0.141. The molecule has 1 fully saturated rings. The molecular formula is C15H19NO3. The number of hydrogen-bond acceptors (Lipinski definition) is 3. The number of nitrogens with zero attached hydrogens (tertiary/aromatic N) is 1. The number of imide groups is 1. The van der Waals surface area contributed by atoms with Crippen LogP contribution >= 0.6 is 0 Å². The molecule has 1 saturated heterocycles. The second-order valence-electron chi connectivity index (χ2n) is 5.22. The second kappa shape index (κ2) is 5.03. The van der Waals surface area contributed by atoms with E-state index in [1.54, 1.807) is 7.11 Å². The molecule has 0 aliphatic carbocycles. The fourth-order valence-electron chi connectivity index (χ4n) is 2.29. The first-order valence-electron chi connectivity index (χ1n) is 6.48. The van der Waals surface area contributed by atoms with Crippen LogP contribution in [0.5, 0.6) is 5.75 Å². The van der Waals surface area contributed by atoms with E-state index in [9.17, 15) is 9.59 Å². The SMILES string of the molecule is CCC1(C)CC(=O)N(Cc2ccc(OC)cc2)C1=O. The van der Waals surface area contributed by atoms with Gasteiger partial charge in [-0.25, -0.2) is 0 Å². The highest BCUT2D eigenvalue weighted by atomic mass is 16.5. The molecule has 0 radical (unpaired) electrons. The lowest BCUT2D eigenvalue weighted by atomic mass is 9.86. The van der Waals surface area contributed by atoms with E-state index >= 15 is 0 Å². The van der Waals surface area contributed by atoms with Gasteiger partial charge >= 0.3 is 0 Å². The Labute approximate surface area is 113 Å². The van der Waals surface area contributed by atoms with E-state index in [-0.39, 0.29) is 11.8 Å². The molecule has 4 heteroatoms. The highest BCUT2D eigenvalue weighted by Crippen LogP contribution is 2.36. The number of carbonyl (C=O) groups excluding carboxylic acids is 2. The summed E-state index contributed by atoms with van der Waals surface area (Å²) in [5, 5.41) is 0. The minimum Gasteiger partial charge on any atom is -0.497 e. The maximum Gasteiger partial charge on any atom is 0.235 e. The van der Waals surface area contributed by atoms with Gasteiger partial charge in [-0.1, -0.05) is 26.0 Å². The van der Waals surface area contributed by atoms with Gasteiger partial charge in [0.1, 0.15) is 5.75 Å². The summed E-state index contributed by atoms with van der Waals surface area (Å²) in [5.74, 6) is 0.627.